The molecule has 0 aliphatic carbocycles. The van der Waals surface area contributed by atoms with Crippen LogP contribution in [0.3, 0.4) is 0 Å². The van der Waals surface area contributed by atoms with Crippen molar-refractivity contribution >= 4 is 16.9 Å². The first kappa shape index (κ1) is 9.73. The van der Waals surface area contributed by atoms with Gasteiger partial charge in [0.05, 0.1) is 0 Å². The Labute approximate surface area is 86.7 Å². The quantitative estimate of drug-likeness (QED) is 0.704. The smallest absolute Gasteiger partial charge is 0.320 e. The number of benzene rings is 1. The maximum absolute atomic E-state index is 10.6. The van der Waals surface area contributed by atoms with Crippen molar-refractivity contribution in [1.29, 1.82) is 0 Å². The number of nitrogens with two attached hydrogens (primary N) is 1. The minimum atomic E-state index is -0.972. The summed E-state index contributed by atoms with van der Waals surface area (Å²) in [6, 6.07) is 6.91. The molecule has 1 atom stereocenters. The number of carbonyl (C=O) groups is 1. The summed E-state index contributed by atoms with van der Waals surface area (Å²) < 4.78 is 0. The third-order valence-electron chi connectivity index (χ3n) is 2.43. The largest absolute Gasteiger partial charge is 0.480 e. The molecule has 0 aliphatic rings. The molecule has 0 radical (unpaired) electrons. The van der Waals surface area contributed by atoms with E-state index in [-0.39, 0.29) is 0 Å². The van der Waals surface area contributed by atoms with E-state index in [0.717, 1.165) is 16.5 Å². The number of para-hydroxylation sites is 1. The normalized spacial score (nSPS) is 12.9. The van der Waals surface area contributed by atoms with Crippen LogP contribution in [0.1, 0.15) is 5.56 Å². The monoisotopic (exact) mass is 206 g/mol. The van der Waals surface area contributed by atoms with Crippen LogP contribution in [0.4, 0.5) is 0 Å². The maximum atomic E-state index is 10.6. The molecule has 2 rings (SSSR count). The molecule has 0 aliphatic heterocycles. The van der Waals surface area contributed by atoms with Gasteiger partial charge in [-0.3, -0.25) is 4.79 Å². The Hall–Kier alpha value is -1.81. The van der Waals surface area contributed by atoms with E-state index in [4.69, 9.17) is 10.8 Å². The summed E-state index contributed by atoms with van der Waals surface area (Å²) in [7, 11) is 0. The first-order chi connectivity index (χ1) is 7.18. The summed E-state index contributed by atoms with van der Waals surface area (Å²) in [6.07, 6.45) is 2.16. The molecule has 2 aromatic rings. The van der Waals surface area contributed by atoms with Gasteiger partial charge in [0.15, 0.2) is 0 Å². The van der Waals surface area contributed by atoms with E-state index in [1.807, 2.05) is 30.5 Å². The van der Waals surface area contributed by atoms with Crippen LogP contribution in [-0.4, -0.2) is 22.1 Å². The van der Waals surface area contributed by atoms with Crippen LogP contribution in [-0.2, 0) is 11.2 Å². The third-order valence-corrected chi connectivity index (χ3v) is 2.43. The SMILES string of the molecule is N[14C@@H](Cc1c[nH]c2ccccc12)C(=O)O. The fourth-order valence-corrected chi connectivity index (χ4v) is 1.62. The molecule has 4 nitrogen and oxygen atoms in total. The first-order valence-electron chi connectivity index (χ1n) is 4.72. The highest BCUT2D eigenvalue weighted by molar-refractivity contribution is 5.84. The van der Waals surface area contributed by atoms with E-state index < -0.39 is 12.0 Å². The highest BCUT2D eigenvalue weighted by atomic mass is 16.4. The van der Waals surface area contributed by atoms with Gasteiger partial charge < -0.3 is 15.8 Å². The number of carboxylic acids is 1. The Kier molecular flexibility index (Phi) is 2.43. The number of rotatable bonds is 3. The van der Waals surface area contributed by atoms with Crippen molar-refractivity contribution in [1.82, 2.24) is 4.98 Å². The van der Waals surface area contributed by atoms with Crippen LogP contribution < -0.4 is 5.73 Å². The van der Waals surface area contributed by atoms with Crippen molar-refractivity contribution in [3.8, 4) is 0 Å². The molecule has 78 valence electrons. The summed E-state index contributed by atoms with van der Waals surface area (Å²) in [4.78, 5) is 13.7. The molecular weight excluding hydrogens is 194 g/mol. The van der Waals surface area contributed by atoms with E-state index >= 15 is 0 Å². The number of H-pyrrole nitrogens is 1. The number of hydrogen-bond donors (Lipinski definition) is 3. The number of fused-ring (bicyclic) bond motifs is 1. The van der Waals surface area contributed by atoms with Crippen molar-refractivity contribution in [3.63, 3.8) is 0 Å². The Morgan fingerprint density at radius 2 is 2.20 bits per heavy atom. The van der Waals surface area contributed by atoms with E-state index in [0.29, 0.717) is 6.42 Å². The molecule has 0 saturated heterocycles. The second-order valence-electron chi connectivity index (χ2n) is 3.51. The second-order valence-corrected chi connectivity index (χ2v) is 3.51. The highest BCUT2D eigenvalue weighted by Gasteiger charge is 2.14. The molecule has 1 aromatic carbocycles. The molecule has 0 bridgehead atoms. The van der Waals surface area contributed by atoms with Crippen molar-refractivity contribution in [3.05, 3.63) is 36.0 Å². The summed E-state index contributed by atoms with van der Waals surface area (Å²) in [6.45, 7) is 0. The molecule has 0 saturated carbocycles. The van der Waals surface area contributed by atoms with Gasteiger partial charge in [-0.2, -0.15) is 0 Å². The van der Waals surface area contributed by atoms with Gasteiger partial charge in [-0.05, 0) is 11.6 Å². The van der Waals surface area contributed by atoms with Crippen LogP contribution in [0.5, 0.6) is 0 Å². The highest BCUT2D eigenvalue weighted by Crippen LogP contribution is 2.18. The summed E-state index contributed by atoms with van der Waals surface area (Å²) in [5, 5.41) is 9.75. The fraction of sp³-hybridized carbons (Fsp3) is 0.182. The fourth-order valence-electron chi connectivity index (χ4n) is 1.62. The van der Waals surface area contributed by atoms with Gasteiger partial charge in [0.1, 0.15) is 6.04 Å². The lowest BCUT2D eigenvalue weighted by molar-refractivity contribution is -0.138. The molecule has 15 heavy (non-hydrogen) atoms. The van der Waals surface area contributed by atoms with Gasteiger partial charge in [0.25, 0.3) is 0 Å². The van der Waals surface area contributed by atoms with Crippen LogP contribution in [0.25, 0.3) is 10.9 Å². The number of aromatic amines is 1. The number of hydrogen-bond acceptors (Lipinski definition) is 2. The lowest BCUT2D eigenvalue weighted by Crippen LogP contribution is -2.32. The van der Waals surface area contributed by atoms with Crippen molar-refractivity contribution in [2.75, 3.05) is 0 Å². The van der Waals surface area contributed by atoms with Crippen molar-refractivity contribution < 1.29 is 9.90 Å². The Morgan fingerprint density at radius 1 is 1.47 bits per heavy atom. The number of nitrogens with one attached hydrogen (secondary N) is 1. The molecule has 1 heterocycles. The van der Waals surface area contributed by atoms with E-state index in [1.54, 1.807) is 0 Å². The summed E-state index contributed by atoms with van der Waals surface area (Å²) in [5.74, 6) is -0.972. The minimum Gasteiger partial charge on any atom is -0.480 e. The standard InChI is InChI=1S/C11H12N2O2/c12-9(11(14)15)5-7-6-13-10-4-2-1-3-8(7)10/h1-4,6,9,13H,5,12H2,(H,14,15)/t9-/m0/s1/i9+2. The van der Waals surface area contributed by atoms with Crippen LogP contribution in [0.15, 0.2) is 30.5 Å². The van der Waals surface area contributed by atoms with Crippen LogP contribution >= 0.6 is 0 Å². The average molecular weight is 206 g/mol. The zero-order valence-electron chi connectivity index (χ0n) is 8.10. The second kappa shape index (κ2) is 3.74. The molecule has 4 heteroatoms. The topological polar surface area (TPSA) is 79.1 Å². The molecule has 1 aromatic heterocycles. The molecule has 0 spiro atoms. The van der Waals surface area contributed by atoms with E-state index in [9.17, 15) is 4.79 Å². The molecule has 0 fully saturated rings. The lowest BCUT2D eigenvalue weighted by atomic mass is 10.2. The summed E-state index contributed by atoms with van der Waals surface area (Å²) >= 11 is 0. The maximum Gasteiger partial charge on any atom is 0.320 e. The average Bonchev–Trinajstić information content (AvgIpc) is 2.62. The van der Waals surface area contributed by atoms with Gasteiger partial charge >= 0.3 is 5.97 Å². The van der Waals surface area contributed by atoms with Gasteiger partial charge in [-0.25, -0.2) is 0 Å². The molecule has 0 amide bonds. The van der Waals surface area contributed by atoms with E-state index in [1.165, 1.54) is 0 Å². The molecule has 0 unspecified atom stereocenters. The van der Waals surface area contributed by atoms with Gasteiger partial charge in [-0.15, -0.1) is 0 Å². The zero-order valence-corrected chi connectivity index (χ0v) is 8.10. The van der Waals surface area contributed by atoms with Crippen LogP contribution in [0.2, 0.25) is 0 Å². The summed E-state index contributed by atoms with van der Waals surface area (Å²) in [5.41, 5.74) is 7.43. The van der Waals surface area contributed by atoms with Gasteiger partial charge in [-0.1, -0.05) is 18.2 Å². The lowest BCUT2D eigenvalue weighted by Gasteiger charge is -2.04. The first-order valence-corrected chi connectivity index (χ1v) is 4.72. The Bertz CT molecular complexity index is 490. The Balaban J connectivity index is 2.32. The van der Waals surface area contributed by atoms with Gasteiger partial charge in [0.2, 0.25) is 0 Å². The molecule has 4 N–H and O–H groups in total. The zero-order chi connectivity index (χ0) is 10.8. The Morgan fingerprint density at radius 3 is 2.93 bits per heavy atom. The molecular formula is C11H12N2O2. The number of aromatic nitrogens is 1. The minimum absolute atomic E-state index is 0.347. The van der Waals surface area contributed by atoms with E-state index in [2.05, 4.69) is 4.98 Å². The third kappa shape index (κ3) is 1.85. The van der Waals surface area contributed by atoms with Crippen LogP contribution in [0, 0.1) is 0 Å². The number of carboxylic acid groups (broad SMARTS) is 1. The number of aliphatic carboxylic acids is 1. The predicted molar refractivity (Wildman–Crippen MR) is 57.6 cm³/mol. The predicted octanol–water partition coefficient (Wildman–Crippen LogP) is 1.12. The van der Waals surface area contributed by atoms with Gasteiger partial charge in [0, 0.05) is 23.5 Å². The van der Waals surface area contributed by atoms with Crippen molar-refractivity contribution in [2.45, 2.75) is 12.5 Å². The van der Waals surface area contributed by atoms with Crippen molar-refractivity contribution in [2.24, 2.45) is 5.73 Å².